The number of benzene rings is 7. The first kappa shape index (κ1) is 33.0. The monoisotopic (exact) mass is 696 g/mol. The molecule has 1 aliphatic rings. The molecule has 9 aromatic rings. The molecule has 0 fully saturated rings. The van der Waals surface area contributed by atoms with E-state index in [4.69, 9.17) is 4.98 Å². The van der Waals surface area contributed by atoms with Gasteiger partial charge in [-0.25, -0.2) is 9.97 Å². The Morgan fingerprint density at radius 1 is 0.549 bits per heavy atom. The van der Waals surface area contributed by atoms with E-state index in [2.05, 4.69) is 172 Å². The zero-order valence-electron chi connectivity index (χ0n) is 29.5. The van der Waals surface area contributed by atoms with Crippen LogP contribution in [-0.2, 0) is 5.41 Å². The van der Waals surface area contributed by atoms with Gasteiger partial charge in [-0.3, -0.25) is 0 Å². The van der Waals surface area contributed by atoms with Gasteiger partial charge in [0.1, 0.15) is 10.5 Å². The minimum Gasteiger partial charge on any atom is -0.243 e. The van der Waals surface area contributed by atoms with Gasteiger partial charge in [0.2, 0.25) is 0 Å². The van der Waals surface area contributed by atoms with E-state index in [1.807, 2.05) is 5.51 Å². The van der Waals surface area contributed by atoms with Crippen molar-refractivity contribution in [3.05, 3.63) is 167 Å². The second-order valence-corrected chi connectivity index (χ2v) is 15.1. The molecule has 1 aliphatic carbocycles. The zero-order chi connectivity index (χ0) is 35.0. The molecule has 51 heavy (non-hydrogen) atoms. The highest BCUT2D eigenvalue weighted by Gasteiger charge is 2.46. The molecule has 0 N–H and O–H groups in total. The van der Waals surface area contributed by atoms with Crippen LogP contribution >= 0.6 is 22.7 Å². The third-order valence-electron chi connectivity index (χ3n) is 9.51. The lowest BCUT2D eigenvalue weighted by Gasteiger charge is -2.34. The van der Waals surface area contributed by atoms with Gasteiger partial charge in [-0.1, -0.05) is 150 Å². The van der Waals surface area contributed by atoms with E-state index in [0.717, 1.165) is 26.3 Å². The highest BCUT2D eigenvalue weighted by atomic mass is 32.1. The molecule has 7 aromatic carbocycles. The van der Waals surface area contributed by atoms with Crippen molar-refractivity contribution in [3.63, 3.8) is 0 Å². The Morgan fingerprint density at radius 3 is 1.78 bits per heavy atom. The molecule has 0 amide bonds. The maximum absolute atomic E-state index is 5.01. The number of nitrogens with zero attached hydrogens (tertiary/aromatic N) is 2. The highest BCUT2D eigenvalue weighted by Crippen LogP contribution is 2.56. The van der Waals surface area contributed by atoms with Crippen LogP contribution in [-0.4, -0.2) is 9.97 Å². The van der Waals surface area contributed by atoms with E-state index in [1.165, 1.54) is 72.5 Å². The summed E-state index contributed by atoms with van der Waals surface area (Å²) >= 11 is 3.41. The van der Waals surface area contributed by atoms with Gasteiger partial charge in [0.05, 0.1) is 25.8 Å². The van der Waals surface area contributed by atoms with Gasteiger partial charge in [0, 0.05) is 5.56 Å². The number of hydrogen-bond donors (Lipinski definition) is 0. The molecular weight excluding hydrogens is 657 g/mol. The van der Waals surface area contributed by atoms with Gasteiger partial charge in [-0.05, 0) is 85.3 Å². The summed E-state index contributed by atoms with van der Waals surface area (Å²) < 4.78 is 2.37. The molecule has 0 atom stereocenters. The predicted molar refractivity (Wildman–Crippen MR) is 222 cm³/mol. The smallest absolute Gasteiger partial charge is 0.124 e. The molecule has 0 bridgehead atoms. The Labute approximate surface area is 308 Å². The van der Waals surface area contributed by atoms with E-state index < -0.39 is 5.41 Å². The standard InChI is InChI=1S/C41H24N2S2.2C3H8/c1-2-8-26-22-30(17-15-25(26)7-1)41(34-11-5-3-9-32(34)33-10-4-6-12-35(33)41)31-18-16-27-21-29(14-13-28(27)23-31)40-43-36-19-20-37-38(39(36)45-40)42-24-44-37;2*1-3-2/h1-24H;2*3H2,1-2H3. The van der Waals surface area contributed by atoms with Gasteiger partial charge in [0.15, 0.2) is 0 Å². The third-order valence-corrected chi connectivity index (χ3v) is 11.4. The summed E-state index contributed by atoms with van der Waals surface area (Å²) in [5, 5.41) is 5.98. The quantitative estimate of drug-likeness (QED) is 0.184. The van der Waals surface area contributed by atoms with E-state index >= 15 is 0 Å². The summed E-state index contributed by atoms with van der Waals surface area (Å²) in [4.78, 5) is 9.63. The van der Waals surface area contributed by atoms with Gasteiger partial charge in [0.25, 0.3) is 0 Å². The maximum atomic E-state index is 5.01. The topological polar surface area (TPSA) is 25.8 Å². The first-order chi connectivity index (χ1) is 25.1. The average molecular weight is 697 g/mol. The largest absolute Gasteiger partial charge is 0.243 e. The maximum Gasteiger partial charge on any atom is 0.124 e. The minimum absolute atomic E-state index is 0.435. The SMILES string of the molecule is CCC.CCC.c1ccc2c(c1)-c1ccccc1C2(c1ccc2ccccc2c1)c1ccc2cc(-c3nc4ccc5scnc5c4s3)ccc2c1. The number of rotatable bonds is 3. The summed E-state index contributed by atoms with van der Waals surface area (Å²) in [7, 11) is 0. The van der Waals surface area contributed by atoms with Crippen LogP contribution < -0.4 is 0 Å². The molecule has 0 saturated carbocycles. The molecule has 10 rings (SSSR count). The van der Waals surface area contributed by atoms with Crippen LogP contribution in [0.4, 0.5) is 0 Å². The van der Waals surface area contributed by atoms with Crippen molar-refractivity contribution < 1.29 is 0 Å². The van der Waals surface area contributed by atoms with E-state index in [9.17, 15) is 0 Å². The van der Waals surface area contributed by atoms with E-state index in [-0.39, 0.29) is 0 Å². The van der Waals surface area contributed by atoms with Crippen molar-refractivity contribution in [2.24, 2.45) is 0 Å². The lowest BCUT2D eigenvalue weighted by atomic mass is 9.67. The van der Waals surface area contributed by atoms with Crippen LogP contribution in [0, 0.1) is 0 Å². The number of fused-ring (bicyclic) bond motifs is 8. The summed E-state index contributed by atoms with van der Waals surface area (Å²) in [6, 6.07) is 51.6. The first-order valence-electron chi connectivity index (χ1n) is 18.0. The second kappa shape index (κ2) is 13.9. The zero-order valence-corrected chi connectivity index (χ0v) is 31.1. The number of aromatic nitrogens is 2. The Bertz CT molecular complexity index is 2610. The van der Waals surface area contributed by atoms with Crippen molar-refractivity contribution in [2.75, 3.05) is 0 Å². The van der Waals surface area contributed by atoms with Gasteiger partial charge >= 0.3 is 0 Å². The van der Waals surface area contributed by atoms with Crippen molar-refractivity contribution in [1.82, 2.24) is 9.97 Å². The molecule has 0 radical (unpaired) electrons. The molecule has 2 aromatic heterocycles. The molecule has 0 aliphatic heterocycles. The summed E-state index contributed by atoms with van der Waals surface area (Å²) in [6.07, 6.45) is 2.50. The van der Waals surface area contributed by atoms with Crippen LogP contribution in [0.3, 0.4) is 0 Å². The van der Waals surface area contributed by atoms with Crippen LogP contribution in [0.5, 0.6) is 0 Å². The second-order valence-electron chi connectivity index (χ2n) is 13.2. The van der Waals surface area contributed by atoms with E-state index in [1.54, 1.807) is 22.7 Å². The fourth-order valence-corrected chi connectivity index (χ4v) is 9.30. The Hall–Kier alpha value is -5.16. The van der Waals surface area contributed by atoms with Crippen LogP contribution in [0.25, 0.3) is 63.7 Å². The molecule has 2 nitrogen and oxygen atoms in total. The highest BCUT2D eigenvalue weighted by molar-refractivity contribution is 7.23. The number of thiazole rings is 2. The molecule has 250 valence electrons. The molecule has 4 heteroatoms. The first-order valence-corrected chi connectivity index (χ1v) is 19.7. The predicted octanol–water partition coefficient (Wildman–Crippen LogP) is 14.1. The Balaban J connectivity index is 0.000000585. The fourth-order valence-electron chi connectivity index (χ4n) is 7.50. The Kier molecular flexibility index (Phi) is 8.97. The van der Waals surface area contributed by atoms with Crippen molar-refractivity contribution in [3.8, 4) is 21.7 Å². The molecule has 0 spiro atoms. The van der Waals surface area contributed by atoms with Crippen LogP contribution in [0.2, 0.25) is 0 Å². The Morgan fingerprint density at radius 2 is 1.10 bits per heavy atom. The summed E-state index contributed by atoms with van der Waals surface area (Å²) in [6.45, 7) is 8.50. The molecule has 0 saturated heterocycles. The lowest BCUT2D eigenvalue weighted by molar-refractivity contribution is 0.771. The summed E-state index contributed by atoms with van der Waals surface area (Å²) in [5.41, 5.74) is 12.5. The van der Waals surface area contributed by atoms with E-state index in [0.29, 0.717) is 0 Å². The average Bonchev–Trinajstić information content (AvgIpc) is 3.90. The van der Waals surface area contributed by atoms with Gasteiger partial charge in [-0.15, -0.1) is 22.7 Å². The molecule has 2 heterocycles. The van der Waals surface area contributed by atoms with Crippen molar-refractivity contribution in [2.45, 2.75) is 46.0 Å². The van der Waals surface area contributed by atoms with Gasteiger partial charge < -0.3 is 0 Å². The normalized spacial score (nSPS) is 12.6. The van der Waals surface area contributed by atoms with Crippen molar-refractivity contribution >= 4 is 64.7 Å². The lowest BCUT2D eigenvalue weighted by Crippen LogP contribution is -2.28. The molecular formula is C47H40N2S2. The van der Waals surface area contributed by atoms with Gasteiger partial charge in [-0.2, -0.15) is 0 Å². The number of hydrogen-bond acceptors (Lipinski definition) is 4. The van der Waals surface area contributed by atoms with Crippen molar-refractivity contribution in [1.29, 1.82) is 0 Å². The van der Waals surface area contributed by atoms with Crippen LogP contribution in [0.1, 0.15) is 62.8 Å². The summed E-state index contributed by atoms with van der Waals surface area (Å²) in [5.74, 6) is 0. The van der Waals surface area contributed by atoms with Crippen LogP contribution in [0.15, 0.2) is 145 Å². The fraction of sp³-hybridized carbons (Fsp3) is 0.149. The molecule has 0 unspecified atom stereocenters. The minimum atomic E-state index is -0.435. The third kappa shape index (κ3) is 5.54.